The van der Waals surface area contributed by atoms with Gasteiger partial charge in [0.25, 0.3) is 17.3 Å². The Bertz CT molecular complexity index is 1370. The average molecular weight is 476 g/mol. The normalized spacial score (nSPS) is 16.6. The maximum Gasteiger partial charge on any atom is 0.279 e. The lowest BCUT2D eigenvalue weighted by Gasteiger charge is -2.27. The number of non-ortho nitro benzene ring substituents is 1. The fraction of sp³-hybridized carbons (Fsp3) is 0.125. The number of carbonyl (C=O) groups is 1. The van der Waals surface area contributed by atoms with Gasteiger partial charge in [-0.2, -0.15) is 0 Å². The molecule has 0 aromatic heterocycles. The molecule has 0 heterocycles. The van der Waals surface area contributed by atoms with Crippen LogP contribution in [-0.4, -0.2) is 26.0 Å². The highest BCUT2D eigenvalue weighted by atomic mass is 16.6. The summed E-state index contributed by atoms with van der Waals surface area (Å²) in [6, 6.07) is 15.2. The number of nitrogens with one attached hydrogen (secondary N) is 2. The molecule has 1 aliphatic rings. The van der Waals surface area contributed by atoms with Crippen molar-refractivity contribution in [1.82, 2.24) is 0 Å². The molecule has 35 heavy (non-hydrogen) atoms. The molecule has 2 unspecified atom stereocenters. The van der Waals surface area contributed by atoms with Gasteiger partial charge in [0, 0.05) is 28.7 Å². The van der Waals surface area contributed by atoms with Crippen LogP contribution in [-0.2, 0) is 0 Å². The van der Waals surface area contributed by atoms with Crippen molar-refractivity contribution in [2.24, 2.45) is 0 Å². The Morgan fingerprint density at radius 3 is 2.17 bits per heavy atom. The molecule has 0 saturated heterocycles. The van der Waals surface area contributed by atoms with Crippen molar-refractivity contribution in [1.29, 1.82) is 0 Å². The van der Waals surface area contributed by atoms with Gasteiger partial charge in [-0.05, 0) is 48.4 Å². The third-order valence-corrected chi connectivity index (χ3v) is 5.69. The molecule has 4 N–H and O–H groups in total. The van der Waals surface area contributed by atoms with Gasteiger partial charge < -0.3 is 20.8 Å². The fourth-order valence-electron chi connectivity index (χ4n) is 3.87. The number of amides is 1. The van der Waals surface area contributed by atoms with Crippen LogP contribution >= 0.6 is 0 Å². The third-order valence-electron chi connectivity index (χ3n) is 5.69. The van der Waals surface area contributed by atoms with Crippen LogP contribution < -0.4 is 10.6 Å². The number of anilines is 2. The van der Waals surface area contributed by atoms with Gasteiger partial charge in [-0.25, -0.2) is 0 Å². The summed E-state index contributed by atoms with van der Waals surface area (Å²) in [6.45, 7) is 1.35. The number of hydrogen-bond acceptors (Lipinski definition) is 8. The first-order chi connectivity index (χ1) is 16.7. The minimum atomic E-state index is -0.957. The first-order valence-corrected chi connectivity index (χ1v) is 10.4. The maximum absolute atomic E-state index is 12.7. The molecule has 3 aromatic carbocycles. The number of nitro groups is 2. The number of benzene rings is 3. The highest BCUT2D eigenvalue weighted by molar-refractivity contribution is 6.06. The van der Waals surface area contributed by atoms with Gasteiger partial charge in [0.2, 0.25) is 0 Å². The monoisotopic (exact) mass is 476 g/mol. The third kappa shape index (κ3) is 4.71. The van der Waals surface area contributed by atoms with Gasteiger partial charge in [-0.15, -0.1) is 0 Å². The molecule has 0 radical (unpaired) electrons. The first kappa shape index (κ1) is 23.5. The SMILES string of the molecule is Cc1c(C(=O)Nc2ccc(NC3=CC(O)c4ccccc4C3O)cc2)cc([N+](=O)[O-])cc1[N+](=O)[O-]. The number of nitrogens with zero attached hydrogens (tertiary/aromatic N) is 2. The van der Waals surface area contributed by atoms with Crippen LogP contribution in [0.4, 0.5) is 22.7 Å². The van der Waals surface area contributed by atoms with E-state index in [1.807, 2.05) is 0 Å². The van der Waals surface area contributed by atoms with Gasteiger partial charge >= 0.3 is 0 Å². The molecule has 178 valence electrons. The number of carbonyl (C=O) groups excluding carboxylic acids is 1. The van der Waals surface area contributed by atoms with Gasteiger partial charge in [-0.1, -0.05) is 24.3 Å². The van der Waals surface area contributed by atoms with Crippen molar-refractivity contribution in [3.63, 3.8) is 0 Å². The second kappa shape index (κ2) is 9.33. The van der Waals surface area contributed by atoms with Crippen molar-refractivity contribution in [3.8, 4) is 0 Å². The standard InChI is InChI=1S/C24H20N4O7/c1-13-19(10-16(27(32)33)11-21(13)28(34)35)24(31)26-15-8-6-14(7-9-15)25-20-12-22(29)17-4-2-3-5-18(17)23(20)30/h2-12,22-23,25,29-30H,1H3,(H,26,31). The van der Waals surface area contributed by atoms with E-state index in [-0.39, 0.29) is 11.1 Å². The molecule has 3 aromatic rings. The Morgan fingerprint density at radius 1 is 0.914 bits per heavy atom. The lowest BCUT2D eigenvalue weighted by molar-refractivity contribution is -0.394. The Labute approximate surface area is 198 Å². The van der Waals surface area contributed by atoms with E-state index in [2.05, 4.69) is 10.6 Å². The Hall–Kier alpha value is -4.61. The van der Waals surface area contributed by atoms with Gasteiger partial charge in [0.15, 0.2) is 0 Å². The minimum Gasteiger partial charge on any atom is -0.384 e. The molecule has 1 amide bonds. The summed E-state index contributed by atoms with van der Waals surface area (Å²) in [5, 5.41) is 49.0. The smallest absolute Gasteiger partial charge is 0.279 e. The van der Waals surface area contributed by atoms with Crippen LogP contribution in [0, 0.1) is 27.2 Å². The lowest BCUT2D eigenvalue weighted by Crippen LogP contribution is -2.18. The molecule has 11 heteroatoms. The Morgan fingerprint density at radius 2 is 1.54 bits per heavy atom. The molecule has 0 spiro atoms. The summed E-state index contributed by atoms with van der Waals surface area (Å²) >= 11 is 0. The Balaban J connectivity index is 1.51. The van der Waals surface area contributed by atoms with Crippen LogP contribution in [0.25, 0.3) is 0 Å². The zero-order valence-electron chi connectivity index (χ0n) is 18.3. The van der Waals surface area contributed by atoms with Gasteiger partial charge in [0.1, 0.15) is 6.10 Å². The number of hydrogen-bond donors (Lipinski definition) is 4. The largest absolute Gasteiger partial charge is 0.384 e. The highest BCUT2D eigenvalue weighted by Crippen LogP contribution is 2.36. The molecule has 2 atom stereocenters. The maximum atomic E-state index is 12.7. The second-order valence-corrected chi connectivity index (χ2v) is 7.91. The zero-order valence-corrected chi connectivity index (χ0v) is 18.3. The number of fused-ring (bicyclic) bond motifs is 1. The minimum absolute atomic E-state index is 0.00782. The van der Waals surface area contributed by atoms with Crippen LogP contribution in [0.1, 0.15) is 39.3 Å². The quantitative estimate of drug-likeness (QED) is 0.304. The van der Waals surface area contributed by atoms with Crippen LogP contribution in [0.3, 0.4) is 0 Å². The van der Waals surface area contributed by atoms with Crippen molar-refractivity contribution >= 4 is 28.7 Å². The topological polar surface area (TPSA) is 168 Å². The summed E-state index contributed by atoms with van der Waals surface area (Å²) < 4.78 is 0. The van der Waals surface area contributed by atoms with E-state index in [4.69, 9.17) is 0 Å². The molecule has 0 bridgehead atoms. The van der Waals surface area contributed by atoms with E-state index in [1.54, 1.807) is 48.5 Å². The summed E-state index contributed by atoms with van der Waals surface area (Å²) in [4.78, 5) is 33.6. The molecular formula is C24H20N4O7. The number of aliphatic hydroxyl groups excluding tert-OH is 2. The van der Waals surface area contributed by atoms with Crippen LogP contribution in [0.5, 0.6) is 0 Å². The average Bonchev–Trinajstić information content (AvgIpc) is 2.83. The summed E-state index contributed by atoms with van der Waals surface area (Å²) in [6.07, 6.45) is -0.319. The molecule has 0 aliphatic heterocycles. The number of rotatable bonds is 6. The van der Waals surface area contributed by atoms with Gasteiger partial charge in [-0.3, -0.25) is 25.0 Å². The van der Waals surface area contributed by atoms with E-state index >= 15 is 0 Å². The second-order valence-electron chi connectivity index (χ2n) is 7.91. The van der Waals surface area contributed by atoms with Crippen molar-refractivity contribution in [2.75, 3.05) is 10.6 Å². The van der Waals surface area contributed by atoms with E-state index in [9.17, 15) is 35.2 Å². The molecule has 11 nitrogen and oxygen atoms in total. The fourth-order valence-corrected chi connectivity index (χ4v) is 3.87. The summed E-state index contributed by atoms with van der Waals surface area (Å²) in [7, 11) is 0. The van der Waals surface area contributed by atoms with Crippen LogP contribution in [0.2, 0.25) is 0 Å². The van der Waals surface area contributed by atoms with E-state index in [0.717, 1.165) is 12.1 Å². The van der Waals surface area contributed by atoms with E-state index < -0.39 is 39.3 Å². The highest BCUT2D eigenvalue weighted by Gasteiger charge is 2.26. The first-order valence-electron chi connectivity index (χ1n) is 10.4. The molecule has 0 saturated carbocycles. The Kier molecular flexibility index (Phi) is 6.28. The van der Waals surface area contributed by atoms with Gasteiger partial charge in [0.05, 0.1) is 27.6 Å². The van der Waals surface area contributed by atoms with E-state index in [0.29, 0.717) is 28.2 Å². The van der Waals surface area contributed by atoms with Crippen molar-refractivity contribution in [3.05, 3.63) is 115 Å². The predicted octanol–water partition coefficient (Wildman–Crippen LogP) is 4.14. The summed E-state index contributed by atoms with van der Waals surface area (Å²) in [5.74, 6) is -0.736. The predicted molar refractivity (Wildman–Crippen MR) is 127 cm³/mol. The van der Waals surface area contributed by atoms with Crippen molar-refractivity contribution in [2.45, 2.75) is 19.1 Å². The molecule has 0 fully saturated rings. The molecule has 1 aliphatic carbocycles. The summed E-state index contributed by atoms with van der Waals surface area (Å²) in [5.41, 5.74) is 1.27. The zero-order chi connectivity index (χ0) is 25.3. The van der Waals surface area contributed by atoms with E-state index in [1.165, 1.54) is 13.0 Å². The molecular weight excluding hydrogens is 456 g/mol. The lowest BCUT2D eigenvalue weighted by atomic mass is 9.90. The number of nitro benzene ring substituents is 2. The molecule has 4 rings (SSSR count). The number of aliphatic hydroxyl groups is 2. The van der Waals surface area contributed by atoms with Crippen LogP contribution in [0.15, 0.2) is 72.4 Å². The van der Waals surface area contributed by atoms with Crippen molar-refractivity contribution < 1.29 is 24.9 Å².